The predicted octanol–water partition coefficient (Wildman–Crippen LogP) is 2.89. The van der Waals surface area contributed by atoms with E-state index in [0.717, 1.165) is 36.3 Å². The summed E-state index contributed by atoms with van der Waals surface area (Å²) < 4.78 is 5.49. The molecule has 2 aromatic rings. The van der Waals surface area contributed by atoms with Crippen LogP contribution in [0.5, 0.6) is 5.75 Å². The number of carbonyl (C=O) groups is 1. The first-order valence-corrected chi connectivity index (χ1v) is 8.69. The Balaban J connectivity index is 1.66. The average Bonchev–Trinajstić information content (AvgIpc) is 3.12. The lowest BCUT2D eigenvalue weighted by Crippen LogP contribution is -2.38. The molecule has 1 aromatic heterocycles. The van der Waals surface area contributed by atoms with E-state index in [1.807, 2.05) is 53.4 Å². The second-order valence-corrected chi connectivity index (χ2v) is 6.52. The summed E-state index contributed by atoms with van der Waals surface area (Å²) in [4.78, 5) is 21.0. The highest BCUT2D eigenvalue weighted by Crippen LogP contribution is 2.36. The molecule has 0 saturated carbocycles. The van der Waals surface area contributed by atoms with Crippen LogP contribution in [-0.2, 0) is 11.3 Å². The van der Waals surface area contributed by atoms with E-state index in [9.17, 15) is 4.79 Å². The Morgan fingerprint density at radius 3 is 2.92 bits per heavy atom. The van der Waals surface area contributed by atoms with E-state index in [1.165, 1.54) is 0 Å². The molecule has 1 aliphatic heterocycles. The lowest BCUT2D eigenvalue weighted by Gasteiger charge is -2.28. The standard InChI is InChI=1S/C20H25N3O2/c1-22(14-16-7-5-11-21-13-16)15-20(24)23-12-6-9-18(23)17-8-3-4-10-19(17)25-2/h3-5,7-8,10-11,13,18H,6,9,12,14-15H2,1-2H3/t18-/m0/s1. The third kappa shape index (κ3) is 4.17. The number of benzene rings is 1. The summed E-state index contributed by atoms with van der Waals surface area (Å²) in [6, 6.07) is 12.1. The number of methoxy groups -OCH3 is 1. The minimum Gasteiger partial charge on any atom is -0.496 e. The van der Waals surface area contributed by atoms with Crippen LogP contribution in [-0.4, -0.2) is 47.9 Å². The maximum absolute atomic E-state index is 12.9. The minimum absolute atomic E-state index is 0.107. The average molecular weight is 339 g/mol. The van der Waals surface area contributed by atoms with Gasteiger partial charge in [-0.05, 0) is 37.6 Å². The summed E-state index contributed by atoms with van der Waals surface area (Å²) in [5.74, 6) is 1.02. The summed E-state index contributed by atoms with van der Waals surface area (Å²) in [5, 5.41) is 0. The predicted molar refractivity (Wildman–Crippen MR) is 97.3 cm³/mol. The largest absolute Gasteiger partial charge is 0.496 e. The van der Waals surface area contributed by atoms with E-state index in [-0.39, 0.29) is 11.9 Å². The molecule has 3 rings (SSSR count). The molecule has 0 unspecified atom stereocenters. The fraction of sp³-hybridized carbons (Fsp3) is 0.400. The van der Waals surface area contributed by atoms with Gasteiger partial charge in [-0.1, -0.05) is 24.3 Å². The van der Waals surface area contributed by atoms with Crippen molar-refractivity contribution in [2.45, 2.75) is 25.4 Å². The third-order valence-corrected chi connectivity index (χ3v) is 4.65. The van der Waals surface area contributed by atoms with Gasteiger partial charge in [-0.2, -0.15) is 0 Å². The molecule has 0 radical (unpaired) electrons. The molecule has 1 aromatic carbocycles. The molecule has 5 nitrogen and oxygen atoms in total. The molecule has 0 N–H and O–H groups in total. The lowest BCUT2D eigenvalue weighted by atomic mass is 10.0. The fourth-order valence-corrected chi connectivity index (χ4v) is 3.51. The molecule has 25 heavy (non-hydrogen) atoms. The van der Waals surface area contributed by atoms with E-state index >= 15 is 0 Å². The van der Waals surface area contributed by atoms with Crippen LogP contribution in [0.4, 0.5) is 0 Å². The van der Waals surface area contributed by atoms with Gasteiger partial charge in [0.2, 0.25) is 5.91 Å². The second-order valence-electron chi connectivity index (χ2n) is 6.52. The molecule has 1 saturated heterocycles. The Kier molecular flexibility index (Phi) is 5.66. The van der Waals surface area contributed by atoms with Crippen molar-refractivity contribution in [1.82, 2.24) is 14.8 Å². The van der Waals surface area contributed by atoms with Gasteiger partial charge in [0.1, 0.15) is 5.75 Å². The number of amides is 1. The van der Waals surface area contributed by atoms with Crippen molar-refractivity contribution in [3.05, 3.63) is 59.9 Å². The maximum Gasteiger partial charge on any atom is 0.237 e. The molecule has 132 valence electrons. The highest BCUT2D eigenvalue weighted by atomic mass is 16.5. The Morgan fingerprint density at radius 2 is 2.16 bits per heavy atom. The third-order valence-electron chi connectivity index (χ3n) is 4.65. The van der Waals surface area contributed by atoms with Crippen LogP contribution >= 0.6 is 0 Å². The summed E-state index contributed by atoms with van der Waals surface area (Å²) in [6.07, 6.45) is 5.62. The zero-order chi connectivity index (χ0) is 17.6. The van der Waals surface area contributed by atoms with Crippen LogP contribution in [0.25, 0.3) is 0 Å². The van der Waals surface area contributed by atoms with Crippen LogP contribution in [0.1, 0.15) is 30.0 Å². The van der Waals surface area contributed by atoms with Crippen LogP contribution in [0, 0.1) is 0 Å². The number of carbonyl (C=O) groups excluding carboxylic acids is 1. The number of likely N-dealkylation sites (tertiary alicyclic amines) is 1. The van der Waals surface area contributed by atoms with Crippen LogP contribution in [0.3, 0.4) is 0 Å². The molecule has 1 atom stereocenters. The van der Waals surface area contributed by atoms with Crippen LogP contribution in [0.15, 0.2) is 48.8 Å². The zero-order valence-corrected chi connectivity index (χ0v) is 14.9. The van der Waals surface area contributed by atoms with Gasteiger partial charge in [-0.25, -0.2) is 0 Å². The molecule has 1 fully saturated rings. The number of hydrogen-bond donors (Lipinski definition) is 0. The Morgan fingerprint density at radius 1 is 1.32 bits per heavy atom. The summed E-state index contributed by atoms with van der Waals surface area (Å²) in [7, 11) is 3.65. The topological polar surface area (TPSA) is 45.7 Å². The lowest BCUT2D eigenvalue weighted by molar-refractivity contribution is -0.133. The summed E-state index contributed by atoms with van der Waals surface area (Å²) in [6.45, 7) is 1.93. The first-order chi connectivity index (χ1) is 12.2. The monoisotopic (exact) mass is 339 g/mol. The maximum atomic E-state index is 12.9. The van der Waals surface area contributed by atoms with Crippen LogP contribution < -0.4 is 4.74 Å². The Labute approximate surface area is 149 Å². The molecular weight excluding hydrogens is 314 g/mol. The highest BCUT2D eigenvalue weighted by Gasteiger charge is 2.31. The number of likely N-dealkylation sites (N-methyl/N-ethyl adjacent to an activating group) is 1. The first-order valence-electron chi connectivity index (χ1n) is 8.69. The molecular formula is C20H25N3O2. The van der Waals surface area contributed by atoms with Crippen molar-refractivity contribution < 1.29 is 9.53 Å². The molecule has 2 heterocycles. The number of hydrogen-bond acceptors (Lipinski definition) is 4. The number of rotatable bonds is 6. The molecule has 0 bridgehead atoms. The molecule has 1 aliphatic rings. The van der Waals surface area contributed by atoms with Gasteiger partial charge in [-0.15, -0.1) is 0 Å². The van der Waals surface area contributed by atoms with Crippen molar-refractivity contribution in [1.29, 1.82) is 0 Å². The van der Waals surface area contributed by atoms with E-state index in [0.29, 0.717) is 13.1 Å². The van der Waals surface area contributed by atoms with Crippen LogP contribution in [0.2, 0.25) is 0 Å². The van der Waals surface area contributed by atoms with E-state index < -0.39 is 0 Å². The van der Waals surface area contributed by atoms with Crippen molar-refractivity contribution in [3.8, 4) is 5.75 Å². The van der Waals surface area contributed by atoms with Crippen molar-refractivity contribution in [2.24, 2.45) is 0 Å². The Bertz CT molecular complexity index is 705. The molecule has 0 aliphatic carbocycles. The number of aromatic nitrogens is 1. The number of para-hydroxylation sites is 1. The van der Waals surface area contributed by atoms with E-state index in [2.05, 4.69) is 11.1 Å². The highest BCUT2D eigenvalue weighted by molar-refractivity contribution is 5.79. The van der Waals surface area contributed by atoms with Gasteiger partial charge in [0.15, 0.2) is 0 Å². The quantitative estimate of drug-likeness (QED) is 0.812. The SMILES string of the molecule is COc1ccccc1[C@@H]1CCCN1C(=O)CN(C)Cc1cccnc1. The Hall–Kier alpha value is -2.40. The zero-order valence-electron chi connectivity index (χ0n) is 14.9. The van der Waals surface area contributed by atoms with Gasteiger partial charge in [0.25, 0.3) is 0 Å². The van der Waals surface area contributed by atoms with Gasteiger partial charge in [-0.3, -0.25) is 14.7 Å². The molecule has 0 spiro atoms. The van der Waals surface area contributed by atoms with Gasteiger partial charge in [0.05, 0.1) is 19.7 Å². The number of nitrogens with zero attached hydrogens (tertiary/aromatic N) is 3. The van der Waals surface area contributed by atoms with E-state index in [4.69, 9.17) is 4.74 Å². The van der Waals surface area contributed by atoms with Gasteiger partial charge < -0.3 is 9.64 Å². The number of ether oxygens (including phenoxy) is 1. The first kappa shape index (κ1) is 17.4. The normalized spacial score (nSPS) is 17.1. The smallest absolute Gasteiger partial charge is 0.237 e. The summed E-state index contributed by atoms with van der Waals surface area (Å²) >= 11 is 0. The molecule has 1 amide bonds. The van der Waals surface area contributed by atoms with Crippen molar-refractivity contribution in [2.75, 3.05) is 27.2 Å². The van der Waals surface area contributed by atoms with E-state index in [1.54, 1.807) is 13.3 Å². The van der Waals surface area contributed by atoms with Gasteiger partial charge >= 0.3 is 0 Å². The second kappa shape index (κ2) is 8.12. The molecule has 5 heteroatoms. The summed E-state index contributed by atoms with van der Waals surface area (Å²) in [5.41, 5.74) is 2.21. The minimum atomic E-state index is 0.107. The van der Waals surface area contributed by atoms with Crippen molar-refractivity contribution in [3.63, 3.8) is 0 Å². The van der Waals surface area contributed by atoms with Crippen molar-refractivity contribution >= 4 is 5.91 Å². The fourth-order valence-electron chi connectivity index (χ4n) is 3.51. The van der Waals surface area contributed by atoms with Gasteiger partial charge in [0, 0.05) is 31.0 Å². The number of pyridine rings is 1.